The molecule has 0 aliphatic heterocycles. The fourth-order valence-electron chi connectivity index (χ4n) is 2.05. The number of benzene rings is 1. The highest BCUT2D eigenvalue weighted by Gasteiger charge is 2.11. The minimum absolute atomic E-state index is 0.176. The Labute approximate surface area is 116 Å². The molecule has 106 valence electrons. The van der Waals surface area contributed by atoms with Gasteiger partial charge in [0.25, 0.3) is 0 Å². The summed E-state index contributed by atoms with van der Waals surface area (Å²) in [7, 11) is 1.60. The normalized spacial score (nSPS) is 11.7. The summed E-state index contributed by atoms with van der Waals surface area (Å²) in [6, 6.07) is 5.52. The van der Waals surface area contributed by atoms with Crippen molar-refractivity contribution >= 4 is 16.7 Å². The summed E-state index contributed by atoms with van der Waals surface area (Å²) in [5.41, 5.74) is 0.411. The van der Waals surface area contributed by atoms with Gasteiger partial charge in [0.2, 0.25) is 0 Å². The van der Waals surface area contributed by atoms with E-state index in [9.17, 15) is 4.79 Å². The Balaban J connectivity index is 2.72. The predicted molar refractivity (Wildman–Crippen MR) is 73.5 cm³/mol. The lowest BCUT2D eigenvalue weighted by Gasteiger charge is -2.11. The molecule has 5 nitrogen and oxygen atoms in total. The number of aryl methyl sites for hydroxylation is 1. The Morgan fingerprint density at radius 3 is 2.65 bits per heavy atom. The molecule has 1 amide bonds. The summed E-state index contributed by atoms with van der Waals surface area (Å²) < 4.78 is 16.5. The number of fused-ring (bicyclic) bond motifs is 1. The minimum atomic E-state index is -0.176. The maximum absolute atomic E-state index is 11.1. The maximum atomic E-state index is 11.1. The summed E-state index contributed by atoms with van der Waals surface area (Å²) in [6.07, 6.45) is 0. The number of carbonyl (C=O) groups excluding carboxylic acids is 1. The first kappa shape index (κ1) is 14.1. The van der Waals surface area contributed by atoms with Gasteiger partial charge >= 0.3 is 11.5 Å². The topological polar surface area (TPSA) is 62.6 Å². The maximum Gasteiger partial charge on any atom is 0.385 e. The van der Waals surface area contributed by atoms with Crippen molar-refractivity contribution in [2.45, 2.75) is 20.8 Å². The molecule has 1 heterocycles. The van der Waals surface area contributed by atoms with Crippen LogP contribution in [0.4, 0.5) is 0 Å². The Bertz CT molecular complexity index is 716. The van der Waals surface area contributed by atoms with Crippen LogP contribution in [0.3, 0.4) is 0 Å². The Morgan fingerprint density at radius 2 is 2.05 bits per heavy atom. The highest BCUT2D eigenvalue weighted by Crippen LogP contribution is 2.32. The van der Waals surface area contributed by atoms with Gasteiger partial charge in [-0.2, -0.15) is 0 Å². The Kier molecular flexibility index (Phi) is 4.08. The molecule has 2 rings (SSSR count). The summed E-state index contributed by atoms with van der Waals surface area (Å²) in [5, 5.41) is 1.83. The largest absolute Gasteiger partial charge is 0.493 e. The molecule has 5 heteroatoms. The van der Waals surface area contributed by atoms with E-state index in [-0.39, 0.29) is 5.91 Å². The molecule has 0 atom stereocenters. The van der Waals surface area contributed by atoms with Crippen LogP contribution in [-0.4, -0.2) is 19.6 Å². The van der Waals surface area contributed by atoms with Gasteiger partial charge in [-0.25, -0.2) is 4.79 Å². The molecule has 0 unspecified atom stereocenters. The van der Waals surface area contributed by atoms with Crippen LogP contribution in [0.1, 0.15) is 19.6 Å². The van der Waals surface area contributed by atoms with Crippen LogP contribution in [-0.2, 0) is 4.79 Å². The summed E-state index contributed by atoms with van der Waals surface area (Å²) in [5.74, 6) is 1.85. The van der Waals surface area contributed by atoms with Gasteiger partial charge in [0.05, 0.1) is 26.7 Å². The van der Waals surface area contributed by atoms with Crippen molar-refractivity contribution in [3.05, 3.63) is 29.5 Å². The Hall–Kier alpha value is -2.30. The van der Waals surface area contributed by atoms with Gasteiger partial charge in [-0.05, 0) is 31.4 Å². The smallest absolute Gasteiger partial charge is 0.385 e. The van der Waals surface area contributed by atoms with Crippen molar-refractivity contribution < 1.29 is 23.7 Å². The van der Waals surface area contributed by atoms with Crippen LogP contribution >= 0.6 is 0 Å². The molecule has 1 aromatic carbocycles. The fourth-order valence-corrected chi connectivity index (χ4v) is 2.05. The third kappa shape index (κ3) is 2.82. The van der Waals surface area contributed by atoms with E-state index < -0.39 is 0 Å². The van der Waals surface area contributed by atoms with Gasteiger partial charge in [-0.15, -0.1) is 4.99 Å². The van der Waals surface area contributed by atoms with E-state index >= 15 is 0 Å². The van der Waals surface area contributed by atoms with Crippen LogP contribution in [0.25, 0.3) is 10.8 Å². The minimum Gasteiger partial charge on any atom is -0.493 e. The summed E-state index contributed by atoms with van der Waals surface area (Å²) in [4.78, 5) is 13.7. The first-order valence-electron chi connectivity index (χ1n) is 6.41. The molecule has 1 aromatic heterocycles. The number of carbonyl (C=O) groups is 1. The monoisotopic (exact) mass is 276 g/mol. The van der Waals surface area contributed by atoms with Crippen LogP contribution in [0.2, 0.25) is 0 Å². The molecule has 0 fully saturated rings. The van der Waals surface area contributed by atoms with E-state index in [0.29, 0.717) is 29.4 Å². The second-order valence-electron chi connectivity index (χ2n) is 4.37. The van der Waals surface area contributed by atoms with E-state index in [2.05, 4.69) is 4.99 Å². The van der Waals surface area contributed by atoms with Crippen LogP contribution in [0.15, 0.2) is 22.6 Å². The van der Waals surface area contributed by atoms with E-state index in [1.165, 1.54) is 6.92 Å². The van der Waals surface area contributed by atoms with Gasteiger partial charge in [0.1, 0.15) is 5.76 Å². The molecule has 0 bridgehead atoms. The van der Waals surface area contributed by atoms with Crippen molar-refractivity contribution in [3.8, 4) is 11.5 Å². The van der Waals surface area contributed by atoms with Crippen molar-refractivity contribution in [1.29, 1.82) is 0 Å². The number of ether oxygens (including phenoxy) is 2. The molecule has 0 radical (unpaired) electrons. The first-order chi connectivity index (χ1) is 9.55. The number of rotatable bonds is 3. The molecule has 0 saturated carbocycles. The number of amides is 1. The van der Waals surface area contributed by atoms with E-state index in [4.69, 9.17) is 13.9 Å². The van der Waals surface area contributed by atoms with Crippen molar-refractivity contribution in [3.63, 3.8) is 0 Å². The van der Waals surface area contributed by atoms with Crippen LogP contribution in [0.5, 0.6) is 11.5 Å². The lowest BCUT2D eigenvalue weighted by Crippen LogP contribution is -2.79. The van der Waals surface area contributed by atoms with Crippen molar-refractivity contribution in [2.24, 2.45) is 0 Å². The molecule has 2 aromatic rings. The summed E-state index contributed by atoms with van der Waals surface area (Å²) >= 11 is 0. The summed E-state index contributed by atoms with van der Waals surface area (Å²) in [6.45, 7) is 5.76. The van der Waals surface area contributed by atoms with Crippen LogP contribution in [0, 0.1) is 6.92 Å². The zero-order valence-electron chi connectivity index (χ0n) is 12.1. The highest BCUT2D eigenvalue weighted by atomic mass is 16.5. The van der Waals surface area contributed by atoms with E-state index in [0.717, 1.165) is 10.8 Å². The standard InChI is InChI=1S/C15H17NO4/c1-5-19-14-8-12-9(2)20-15(16-10(3)17)7-11(12)6-13(14)18-4/h6-8H,5H2,1-4H3/p+1. The lowest BCUT2D eigenvalue weighted by atomic mass is 10.1. The number of hydrogen-bond donors (Lipinski definition) is 1. The average molecular weight is 276 g/mol. The quantitative estimate of drug-likeness (QED) is 0.895. The highest BCUT2D eigenvalue weighted by molar-refractivity contribution is 5.87. The second kappa shape index (κ2) is 5.77. The number of hydrogen-bond acceptors (Lipinski definition) is 4. The van der Waals surface area contributed by atoms with Gasteiger partial charge in [0, 0.05) is 5.39 Å². The molecule has 0 spiro atoms. The number of methoxy groups -OCH3 is 1. The second-order valence-corrected chi connectivity index (χ2v) is 4.37. The lowest BCUT2D eigenvalue weighted by molar-refractivity contribution is -0.428. The molecule has 20 heavy (non-hydrogen) atoms. The third-order valence-corrected chi connectivity index (χ3v) is 2.86. The van der Waals surface area contributed by atoms with Gasteiger partial charge in [-0.1, -0.05) is 0 Å². The molecule has 0 aliphatic rings. The zero-order chi connectivity index (χ0) is 14.7. The van der Waals surface area contributed by atoms with Crippen molar-refractivity contribution in [1.82, 2.24) is 0 Å². The van der Waals surface area contributed by atoms with Crippen molar-refractivity contribution in [2.75, 3.05) is 13.7 Å². The van der Waals surface area contributed by atoms with Crippen LogP contribution < -0.4 is 20.0 Å². The third-order valence-electron chi connectivity index (χ3n) is 2.86. The predicted octanol–water partition coefficient (Wildman–Crippen LogP) is 0.676. The Morgan fingerprint density at radius 1 is 1.30 bits per heavy atom. The SMILES string of the molecule is CCOc1cc2c(C)oc(=[NH+]C(C)=O)cc2cc1OC. The average Bonchev–Trinajstić information content (AvgIpc) is 2.38. The van der Waals surface area contributed by atoms with Gasteiger partial charge in [-0.3, -0.25) is 0 Å². The molecular weight excluding hydrogens is 258 g/mol. The number of nitrogens with one attached hydrogen (secondary N) is 1. The van der Waals surface area contributed by atoms with E-state index in [1.54, 1.807) is 13.2 Å². The molecule has 0 saturated heterocycles. The fraction of sp³-hybridized carbons (Fsp3) is 0.333. The van der Waals surface area contributed by atoms with E-state index in [1.807, 2.05) is 26.0 Å². The molecule has 1 N–H and O–H groups in total. The molecular formula is C15H18NO4+. The van der Waals surface area contributed by atoms with Gasteiger partial charge in [0.15, 0.2) is 11.5 Å². The first-order valence-corrected chi connectivity index (χ1v) is 6.41. The zero-order valence-corrected chi connectivity index (χ0v) is 12.1. The van der Waals surface area contributed by atoms with Gasteiger partial charge < -0.3 is 13.9 Å². The molecule has 0 aliphatic carbocycles.